The zero-order valence-corrected chi connectivity index (χ0v) is 18.4. The lowest BCUT2D eigenvalue weighted by Gasteiger charge is -2.18. The fourth-order valence-corrected chi connectivity index (χ4v) is 3.38. The number of nitrogens with two attached hydrogens (primary N) is 1. The predicted molar refractivity (Wildman–Crippen MR) is 119 cm³/mol. The number of hydrogen-bond donors (Lipinski definition) is 4. The van der Waals surface area contributed by atoms with E-state index in [9.17, 15) is 14.7 Å². The van der Waals surface area contributed by atoms with E-state index in [1.807, 2.05) is 6.08 Å². The van der Waals surface area contributed by atoms with Gasteiger partial charge >= 0.3 is 5.97 Å². The largest absolute Gasteiger partial charge is 0.479 e. The Kier molecular flexibility index (Phi) is 17.6. The molecule has 0 heterocycles. The number of rotatable bonds is 19. The van der Waals surface area contributed by atoms with E-state index in [0.29, 0.717) is 12.8 Å². The number of carboxylic acids is 1. The van der Waals surface area contributed by atoms with Gasteiger partial charge in [0.1, 0.15) is 0 Å². The van der Waals surface area contributed by atoms with Crippen molar-refractivity contribution in [2.45, 2.75) is 103 Å². The van der Waals surface area contributed by atoms with Gasteiger partial charge in [0.05, 0.1) is 6.04 Å². The maximum atomic E-state index is 12.4. The smallest absolute Gasteiger partial charge is 0.332 e. The Morgan fingerprint density at radius 1 is 0.964 bits per heavy atom. The minimum Gasteiger partial charge on any atom is -0.479 e. The van der Waals surface area contributed by atoms with Crippen LogP contribution in [-0.4, -0.2) is 39.9 Å². The number of carbonyl (C=O) groups excluding carboxylic acids is 1. The van der Waals surface area contributed by atoms with Crippen molar-refractivity contribution < 1.29 is 19.8 Å². The Balaban J connectivity index is 4.07. The Labute approximate surface area is 176 Å². The van der Waals surface area contributed by atoms with Crippen LogP contribution >= 0.6 is 12.6 Å². The number of carbonyl (C=O) groups is 2. The molecule has 0 fully saturated rings. The van der Waals surface area contributed by atoms with Gasteiger partial charge in [-0.25, -0.2) is 4.79 Å². The second kappa shape index (κ2) is 18.2. The molecule has 0 saturated carbocycles. The highest BCUT2D eigenvalue weighted by Crippen LogP contribution is 2.18. The first-order chi connectivity index (χ1) is 13.4. The van der Waals surface area contributed by atoms with E-state index in [4.69, 9.17) is 10.8 Å². The molecule has 3 atom stereocenters. The Morgan fingerprint density at radius 2 is 1.54 bits per heavy atom. The fraction of sp³-hybridized carbons (Fsp3) is 0.818. The molecule has 0 spiro atoms. The molecule has 4 N–H and O–H groups in total. The van der Waals surface area contributed by atoms with Crippen molar-refractivity contribution in [3.05, 3.63) is 12.2 Å². The minimum absolute atomic E-state index is 0.0527. The molecular formula is C22H41NO4S. The first-order valence-electron chi connectivity index (χ1n) is 10.9. The van der Waals surface area contributed by atoms with Crippen LogP contribution in [0.4, 0.5) is 0 Å². The van der Waals surface area contributed by atoms with Crippen LogP contribution in [0, 0.1) is 5.92 Å². The number of unbranched alkanes of at least 4 members (excludes halogenated alkanes) is 9. The summed E-state index contributed by atoms with van der Waals surface area (Å²) in [6.07, 6.45) is 16.2. The first kappa shape index (κ1) is 27.1. The second-order valence-corrected chi connectivity index (χ2v) is 8.01. The van der Waals surface area contributed by atoms with Gasteiger partial charge in [-0.15, -0.1) is 0 Å². The molecule has 0 aliphatic heterocycles. The molecule has 28 heavy (non-hydrogen) atoms. The normalized spacial score (nSPS) is 14.9. The van der Waals surface area contributed by atoms with Crippen LogP contribution in [0.2, 0.25) is 0 Å². The highest BCUT2D eigenvalue weighted by Gasteiger charge is 2.24. The summed E-state index contributed by atoms with van der Waals surface area (Å²) in [5.74, 6) is -1.47. The van der Waals surface area contributed by atoms with Crippen LogP contribution in [0.5, 0.6) is 0 Å². The van der Waals surface area contributed by atoms with Crippen molar-refractivity contribution in [3.63, 3.8) is 0 Å². The maximum Gasteiger partial charge on any atom is 0.332 e. The molecule has 0 aromatic rings. The maximum absolute atomic E-state index is 12.4. The third kappa shape index (κ3) is 14.2. The number of aliphatic hydroxyl groups excluding tert-OH is 1. The number of Topliss-reactive ketones (excluding diaryl/α,β-unsaturated/α-hetero) is 1. The summed E-state index contributed by atoms with van der Waals surface area (Å²) in [5.41, 5.74) is 5.79. The standard InChI is InChI=1S/C22H41NO4S/c1-2-3-4-5-6-7-8-9-10-11-12-13-14-18(21(25)19(23)17-28)15-16-20(24)22(26)27/h12-13,18-20,24,28H,2-11,14-17,23H2,1H3,(H,26,27)/b13-12-/t18-,19+,20+/m1/s1. The van der Waals surface area contributed by atoms with Crippen LogP contribution < -0.4 is 5.73 Å². The molecule has 0 amide bonds. The van der Waals surface area contributed by atoms with E-state index < -0.39 is 18.1 Å². The number of aliphatic carboxylic acids is 1. The van der Waals surface area contributed by atoms with Gasteiger partial charge < -0.3 is 15.9 Å². The molecular weight excluding hydrogens is 374 g/mol. The van der Waals surface area contributed by atoms with E-state index in [-0.39, 0.29) is 23.9 Å². The molecule has 6 heteroatoms. The number of carboxylic acid groups (broad SMARTS) is 1. The van der Waals surface area contributed by atoms with Gasteiger partial charge in [-0.1, -0.05) is 70.4 Å². The average molecular weight is 416 g/mol. The molecule has 0 aliphatic carbocycles. The molecule has 0 aliphatic rings. The molecule has 5 nitrogen and oxygen atoms in total. The predicted octanol–water partition coefficient (Wildman–Crippen LogP) is 4.52. The summed E-state index contributed by atoms with van der Waals surface area (Å²) in [5, 5.41) is 18.2. The molecule has 0 bridgehead atoms. The monoisotopic (exact) mass is 415 g/mol. The Bertz CT molecular complexity index is 442. The van der Waals surface area contributed by atoms with Gasteiger partial charge in [0, 0.05) is 11.7 Å². The topological polar surface area (TPSA) is 101 Å². The second-order valence-electron chi connectivity index (χ2n) is 7.64. The van der Waals surface area contributed by atoms with Crippen LogP contribution in [0.3, 0.4) is 0 Å². The molecule has 0 saturated heterocycles. The van der Waals surface area contributed by atoms with Crippen molar-refractivity contribution in [1.82, 2.24) is 0 Å². The summed E-state index contributed by atoms with van der Waals surface area (Å²) < 4.78 is 0. The van der Waals surface area contributed by atoms with E-state index in [2.05, 4.69) is 25.6 Å². The average Bonchev–Trinajstić information content (AvgIpc) is 2.69. The zero-order valence-electron chi connectivity index (χ0n) is 17.5. The Morgan fingerprint density at radius 3 is 2.07 bits per heavy atom. The lowest BCUT2D eigenvalue weighted by molar-refractivity contribution is -0.147. The molecule has 0 aromatic carbocycles. The summed E-state index contributed by atoms with van der Waals surface area (Å²) in [6.45, 7) is 2.24. The summed E-state index contributed by atoms with van der Waals surface area (Å²) in [4.78, 5) is 23.1. The third-order valence-corrected chi connectivity index (χ3v) is 5.49. The number of thiol groups is 1. The van der Waals surface area contributed by atoms with Crippen molar-refractivity contribution >= 4 is 24.4 Å². The minimum atomic E-state index is -1.44. The Hall–Kier alpha value is -0.850. The van der Waals surface area contributed by atoms with Crippen molar-refractivity contribution in [1.29, 1.82) is 0 Å². The summed E-state index contributed by atoms with van der Waals surface area (Å²) >= 11 is 4.07. The van der Waals surface area contributed by atoms with Gasteiger partial charge in [-0.2, -0.15) is 12.6 Å². The lowest BCUT2D eigenvalue weighted by Crippen LogP contribution is -2.37. The molecule has 0 rings (SSSR count). The highest BCUT2D eigenvalue weighted by molar-refractivity contribution is 7.80. The van der Waals surface area contributed by atoms with Crippen LogP contribution in [0.1, 0.15) is 90.4 Å². The summed E-state index contributed by atoms with van der Waals surface area (Å²) in [7, 11) is 0. The van der Waals surface area contributed by atoms with Crippen molar-refractivity contribution in [2.24, 2.45) is 11.7 Å². The van der Waals surface area contributed by atoms with E-state index >= 15 is 0 Å². The van der Waals surface area contributed by atoms with E-state index in [0.717, 1.165) is 12.8 Å². The fourth-order valence-electron chi connectivity index (χ4n) is 3.20. The van der Waals surface area contributed by atoms with Crippen molar-refractivity contribution in [3.8, 4) is 0 Å². The van der Waals surface area contributed by atoms with Gasteiger partial charge in [0.15, 0.2) is 11.9 Å². The first-order valence-corrected chi connectivity index (χ1v) is 11.5. The lowest BCUT2D eigenvalue weighted by atomic mass is 9.90. The zero-order chi connectivity index (χ0) is 21.2. The summed E-state index contributed by atoms with van der Waals surface area (Å²) in [6, 6.07) is -0.652. The van der Waals surface area contributed by atoms with E-state index in [1.54, 1.807) is 0 Å². The van der Waals surface area contributed by atoms with E-state index in [1.165, 1.54) is 51.4 Å². The van der Waals surface area contributed by atoms with Crippen molar-refractivity contribution in [2.75, 3.05) is 5.75 Å². The van der Waals surface area contributed by atoms with Gasteiger partial charge in [-0.3, -0.25) is 4.79 Å². The van der Waals surface area contributed by atoms with Crippen LogP contribution in [0.15, 0.2) is 12.2 Å². The van der Waals surface area contributed by atoms with Gasteiger partial charge in [-0.05, 0) is 32.1 Å². The van der Waals surface area contributed by atoms with Crippen LogP contribution in [0.25, 0.3) is 0 Å². The highest BCUT2D eigenvalue weighted by atomic mass is 32.1. The SMILES string of the molecule is CCCCCCCCCCC/C=C\C[C@H](CC[C@H](O)C(=O)O)C(=O)[C@@H](N)CS. The molecule has 0 radical (unpaired) electrons. The van der Waals surface area contributed by atoms with Gasteiger partial charge in [0.2, 0.25) is 0 Å². The number of allylic oxidation sites excluding steroid dienone is 2. The number of aliphatic hydroxyl groups is 1. The molecule has 164 valence electrons. The number of hydrogen-bond acceptors (Lipinski definition) is 5. The third-order valence-electron chi connectivity index (χ3n) is 5.10. The number of ketones is 1. The van der Waals surface area contributed by atoms with Crippen LogP contribution in [-0.2, 0) is 9.59 Å². The molecule has 0 aromatic heterocycles. The van der Waals surface area contributed by atoms with Gasteiger partial charge in [0.25, 0.3) is 0 Å². The quantitative estimate of drug-likeness (QED) is 0.141. The molecule has 0 unspecified atom stereocenters.